The number of hydrogen-bond donors (Lipinski definition) is 1. The number of imidazole rings is 1. The summed E-state index contributed by atoms with van der Waals surface area (Å²) in [4.78, 5) is 27.0. The first-order chi connectivity index (χ1) is 16.1. The Hall–Kier alpha value is -3.80. The number of carbonyl (C=O) groups excluding carboxylic acids is 1. The Bertz CT molecular complexity index is 1400. The van der Waals surface area contributed by atoms with Crippen LogP contribution in [0.15, 0.2) is 43.0 Å². The highest BCUT2D eigenvalue weighted by Crippen LogP contribution is 2.32. The maximum absolute atomic E-state index is 15.1. The number of hydrogen-bond acceptors (Lipinski definition) is 6. The zero-order valence-corrected chi connectivity index (χ0v) is 17.8. The van der Waals surface area contributed by atoms with Gasteiger partial charge in [-0.05, 0) is 25.1 Å². The molecule has 1 saturated heterocycles. The van der Waals surface area contributed by atoms with Crippen molar-refractivity contribution in [2.45, 2.75) is 25.2 Å². The van der Waals surface area contributed by atoms with E-state index in [1.54, 1.807) is 11.3 Å². The molecular weight excluding hydrogens is 456 g/mol. The van der Waals surface area contributed by atoms with Crippen LogP contribution < -0.4 is 5.73 Å². The molecule has 2 atom stereocenters. The lowest BCUT2D eigenvalue weighted by Gasteiger charge is -2.38. The summed E-state index contributed by atoms with van der Waals surface area (Å²) in [7, 11) is 0. The molecule has 0 unspecified atom stereocenters. The minimum absolute atomic E-state index is 0.00429. The highest BCUT2D eigenvalue weighted by molar-refractivity contribution is 5.98. The molecule has 2 N–H and O–H groups in total. The van der Waals surface area contributed by atoms with Gasteiger partial charge >= 0.3 is 6.18 Å². The molecule has 12 heteroatoms. The molecule has 4 heterocycles. The van der Waals surface area contributed by atoms with Crippen molar-refractivity contribution in [1.29, 1.82) is 0 Å². The zero-order valence-electron chi connectivity index (χ0n) is 17.8. The highest BCUT2D eigenvalue weighted by Gasteiger charge is 2.36. The summed E-state index contributed by atoms with van der Waals surface area (Å²) in [5.74, 6) is -1.28. The lowest BCUT2D eigenvalue weighted by atomic mass is 10.0. The lowest BCUT2D eigenvalue weighted by molar-refractivity contribution is -0.137. The number of nitrogens with zero attached hydrogens (tertiary/aromatic N) is 5. The average molecular weight is 474 g/mol. The van der Waals surface area contributed by atoms with Crippen molar-refractivity contribution in [3.8, 4) is 0 Å². The number of aromatic nitrogens is 4. The average Bonchev–Trinajstić information content (AvgIpc) is 3.29. The monoisotopic (exact) mass is 474 g/mol. The fourth-order valence-corrected chi connectivity index (χ4v) is 4.06. The van der Waals surface area contributed by atoms with Crippen molar-refractivity contribution < 1.29 is 27.1 Å². The normalized spacial score (nSPS) is 19.1. The second kappa shape index (κ2) is 7.90. The molecule has 0 radical (unpaired) electrons. The summed E-state index contributed by atoms with van der Waals surface area (Å²) in [6.45, 7) is 1.85. The van der Waals surface area contributed by atoms with Crippen LogP contribution in [0.2, 0.25) is 0 Å². The van der Waals surface area contributed by atoms with Crippen LogP contribution in [0.25, 0.3) is 16.6 Å². The van der Waals surface area contributed by atoms with E-state index in [-0.39, 0.29) is 41.8 Å². The van der Waals surface area contributed by atoms with E-state index in [9.17, 15) is 18.0 Å². The molecule has 0 saturated carbocycles. The van der Waals surface area contributed by atoms with Crippen molar-refractivity contribution >= 4 is 28.3 Å². The molecule has 0 aliphatic carbocycles. The van der Waals surface area contributed by atoms with Crippen molar-refractivity contribution in [2.75, 3.05) is 18.9 Å². The van der Waals surface area contributed by atoms with E-state index in [0.29, 0.717) is 17.2 Å². The van der Waals surface area contributed by atoms with Gasteiger partial charge in [0.25, 0.3) is 5.91 Å². The van der Waals surface area contributed by atoms with Crippen molar-refractivity contribution in [3.63, 3.8) is 0 Å². The Morgan fingerprint density at radius 2 is 2.00 bits per heavy atom. The molecule has 0 spiro atoms. The Labute approximate surface area is 190 Å². The molecule has 1 aromatic carbocycles. The molecule has 8 nitrogen and oxygen atoms in total. The number of nitrogen functional groups attached to an aromatic ring is 1. The number of alkyl halides is 3. The third-order valence-corrected chi connectivity index (χ3v) is 5.78. The summed E-state index contributed by atoms with van der Waals surface area (Å²) < 4.78 is 61.1. The predicted octanol–water partition coefficient (Wildman–Crippen LogP) is 3.62. The molecule has 0 bridgehead atoms. The van der Waals surface area contributed by atoms with Crippen LogP contribution in [-0.4, -0.2) is 49.4 Å². The molecule has 34 heavy (non-hydrogen) atoms. The first-order valence-electron chi connectivity index (χ1n) is 10.3. The summed E-state index contributed by atoms with van der Waals surface area (Å²) in [5.41, 5.74) is 6.16. The summed E-state index contributed by atoms with van der Waals surface area (Å²) in [6.07, 6.45) is -1.21. The van der Waals surface area contributed by atoms with Crippen LogP contribution >= 0.6 is 0 Å². The topological polar surface area (TPSA) is 98.6 Å². The summed E-state index contributed by atoms with van der Waals surface area (Å²) in [5, 5.41) is 0. The Morgan fingerprint density at radius 3 is 2.71 bits per heavy atom. The van der Waals surface area contributed by atoms with E-state index in [4.69, 9.17) is 10.5 Å². The number of ether oxygens (including phenoxy) is 1. The van der Waals surface area contributed by atoms with E-state index in [2.05, 4.69) is 15.0 Å². The van der Waals surface area contributed by atoms with Gasteiger partial charge in [0, 0.05) is 18.8 Å². The molecule has 3 aromatic heterocycles. The van der Waals surface area contributed by atoms with Crippen molar-refractivity contribution in [2.24, 2.45) is 0 Å². The van der Waals surface area contributed by atoms with Gasteiger partial charge in [-0.3, -0.25) is 14.2 Å². The van der Waals surface area contributed by atoms with Crippen LogP contribution in [0.5, 0.6) is 0 Å². The number of fused-ring (bicyclic) bond motifs is 3. The van der Waals surface area contributed by atoms with Gasteiger partial charge < -0.3 is 15.4 Å². The van der Waals surface area contributed by atoms with E-state index >= 15 is 4.39 Å². The SMILES string of the molecule is C[C@H]1CN(C(=O)c2cc3c(cc2F)nc(N)c2cncn23)[C@@H](c2ccc(C(F)(F)F)cn2)CO1. The predicted molar refractivity (Wildman–Crippen MR) is 113 cm³/mol. The summed E-state index contributed by atoms with van der Waals surface area (Å²) >= 11 is 0. The molecular formula is C22H18F4N6O2. The first kappa shape index (κ1) is 22.0. The van der Waals surface area contributed by atoms with Crippen molar-refractivity contribution in [3.05, 3.63) is 65.6 Å². The number of carbonyl (C=O) groups is 1. The van der Waals surface area contributed by atoms with Gasteiger partial charge in [0.05, 0.1) is 59.1 Å². The fourth-order valence-electron chi connectivity index (χ4n) is 4.06. The highest BCUT2D eigenvalue weighted by atomic mass is 19.4. The van der Waals surface area contributed by atoms with Crippen LogP contribution in [0, 0.1) is 5.82 Å². The number of amides is 1. The largest absolute Gasteiger partial charge is 0.417 e. The van der Waals surface area contributed by atoms with E-state index in [1.165, 1.54) is 29.6 Å². The number of rotatable bonds is 2. The second-order valence-corrected chi connectivity index (χ2v) is 8.05. The van der Waals surface area contributed by atoms with Crippen LogP contribution in [0.3, 0.4) is 0 Å². The molecule has 1 aliphatic rings. The first-order valence-corrected chi connectivity index (χ1v) is 10.3. The molecule has 4 aromatic rings. The quantitative estimate of drug-likeness (QED) is 0.446. The van der Waals surface area contributed by atoms with Gasteiger partial charge in [0.15, 0.2) is 0 Å². The fraction of sp³-hybridized carbons (Fsp3) is 0.273. The number of anilines is 1. The van der Waals surface area contributed by atoms with Crippen LogP contribution in [0.1, 0.15) is 34.6 Å². The number of halogens is 4. The van der Waals surface area contributed by atoms with Crippen LogP contribution in [0.4, 0.5) is 23.4 Å². The molecule has 1 amide bonds. The molecule has 176 valence electrons. The molecule has 5 rings (SSSR count). The number of pyridine rings is 1. The number of morpholine rings is 1. The summed E-state index contributed by atoms with van der Waals surface area (Å²) in [6, 6.07) is 3.79. The Kier molecular flexibility index (Phi) is 5.12. The minimum Gasteiger partial charge on any atom is -0.382 e. The van der Waals surface area contributed by atoms with E-state index < -0.39 is 29.5 Å². The van der Waals surface area contributed by atoms with E-state index in [1.807, 2.05) is 0 Å². The third-order valence-electron chi connectivity index (χ3n) is 5.78. The molecule has 1 aliphatic heterocycles. The smallest absolute Gasteiger partial charge is 0.382 e. The second-order valence-electron chi connectivity index (χ2n) is 8.05. The van der Waals surface area contributed by atoms with Gasteiger partial charge in [-0.1, -0.05) is 0 Å². The number of nitrogens with two attached hydrogens (primary N) is 1. The zero-order chi connectivity index (χ0) is 24.2. The standard InChI is InChI=1S/C22H18F4N6O2/c1-11-8-31(19(9-34-11)15-3-2-12(6-29-15)22(24,25)26)21(33)13-4-17-16(5-14(13)23)30-20(27)18-7-28-10-32(17)18/h2-7,10-11,19H,8-9H2,1H3,(H2,27,30)/t11-,19+/m0/s1. The maximum atomic E-state index is 15.1. The minimum atomic E-state index is -4.54. The maximum Gasteiger partial charge on any atom is 0.417 e. The Morgan fingerprint density at radius 1 is 1.21 bits per heavy atom. The lowest BCUT2D eigenvalue weighted by Crippen LogP contribution is -2.47. The van der Waals surface area contributed by atoms with Gasteiger partial charge in [-0.15, -0.1) is 0 Å². The van der Waals surface area contributed by atoms with Gasteiger partial charge in [0.2, 0.25) is 0 Å². The third kappa shape index (κ3) is 3.69. The number of benzene rings is 1. The van der Waals surface area contributed by atoms with Crippen LogP contribution in [-0.2, 0) is 10.9 Å². The molecule has 1 fully saturated rings. The van der Waals surface area contributed by atoms with Gasteiger partial charge in [-0.25, -0.2) is 14.4 Å². The van der Waals surface area contributed by atoms with Gasteiger partial charge in [-0.2, -0.15) is 13.2 Å². The van der Waals surface area contributed by atoms with E-state index in [0.717, 1.165) is 12.1 Å². The van der Waals surface area contributed by atoms with Gasteiger partial charge in [0.1, 0.15) is 17.2 Å². The van der Waals surface area contributed by atoms with Crippen molar-refractivity contribution in [1.82, 2.24) is 24.3 Å². The Balaban J connectivity index is 1.56.